The van der Waals surface area contributed by atoms with Crippen molar-refractivity contribution in [3.05, 3.63) is 61.2 Å². The van der Waals surface area contributed by atoms with Crippen molar-refractivity contribution in [2.24, 2.45) is 0 Å². The number of hydrogen-bond acceptors (Lipinski definition) is 1. The molecule has 0 aliphatic rings. The van der Waals surface area contributed by atoms with Gasteiger partial charge < -0.3 is 13.6 Å². The molecule has 2 aromatic carbocycles. The Morgan fingerprint density at radius 1 is 1.12 bits per heavy atom. The Balaban J connectivity index is 0.000000815. The van der Waals surface area contributed by atoms with Crippen LogP contribution in [0.15, 0.2) is 59.3 Å². The number of aromatic nitrogens is 2. The van der Waals surface area contributed by atoms with E-state index < -0.39 is 0 Å². The molecule has 0 radical (unpaired) electrons. The number of nitrogens with zero attached hydrogens (tertiary/aromatic N) is 2. The molecule has 0 unspecified atom stereocenters. The molecule has 0 aliphatic carbocycles. The summed E-state index contributed by atoms with van der Waals surface area (Å²) in [5.41, 5.74) is 2.87. The molecule has 0 fully saturated rings. The fourth-order valence-electron chi connectivity index (χ4n) is 2.86. The summed E-state index contributed by atoms with van der Waals surface area (Å²) < 4.78 is 10.2. The second-order valence-electron chi connectivity index (χ2n) is 5.57. The van der Waals surface area contributed by atoms with Gasteiger partial charge in [-0.3, -0.25) is 0 Å². The Kier molecular flexibility index (Phi) is 6.16. The van der Waals surface area contributed by atoms with Crippen LogP contribution >= 0.6 is 19.0 Å². The minimum atomic E-state index is 0.915. The van der Waals surface area contributed by atoms with Crippen LogP contribution in [0.3, 0.4) is 0 Å². The molecule has 0 spiro atoms. The summed E-state index contributed by atoms with van der Waals surface area (Å²) >= 11 is 4.88. The van der Waals surface area contributed by atoms with E-state index in [-0.39, 0.29) is 0 Å². The van der Waals surface area contributed by atoms with Crippen molar-refractivity contribution >= 4 is 41.0 Å². The van der Waals surface area contributed by atoms with Crippen LogP contribution in [0.4, 0.5) is 0 Å². The van der Waals surface area contributed by atoms with E-state index in [1.54, 1.807) is 0 Å². The minimum absolute atomic E-state index is 0.915. The first-order chi connectivity index (χ1) is 11.9. The van der Waals surface area contributed by atoms with Gasteiger partial charge in [0.1, 0.15) is 11.2 Å². The molecule has 0 saturated carbocycles. The summed E-state index contributed by atoms with van der Waals surface area (Å²) in [6.45, 7) is 3.20. The fourth-order valence-corrected chi connectivity index (χ4v) is 2.86. The number of halogens is 1. The first-order valence-corrected chi connectivity index (χ1v) is 12.3. The number of furan rings is 1. The number of fused-ring (bicyclic) bond motifs is 3. The van der Waals surface area contributed by atoms with E-state index in [4.69, 9.17) is 4.42 Å². The first kappa shape index (κ1) is 17.7. The number of unbranched alkanes of at least 4 members (excludes halogenated alkanes) is 1. The van der Waals surface area contributed by atoms with E-state index in [0.29, 0.717) is 0 Å². The molecule has 0 N–H and O–H groups in total. The van der Waals surface area contributed by atoms with Crippen molar-refractivity contribution in [3.63, 3.8) is 0 Å². The number of imidazole rings is 1. The van der Waals surface area contributed by atoms with Crippen molar-refractivity contribution in [2.45, 2.75) is 26.3 Å². The van der Waals surface area contributed by atoms with Crippen LogP contribution in [0.2, 0.25) is 0 Å². The van der Waals surface area contributed by atoms with Gasteiger partial charge in [0.25, 0.3) is 0 Å². The summed E-state index contributed by atoms with van der Waals surface area (Å²) in [7, 11) is 0. The second-order valence-corrected chi connectivity index (χ2v) is 5.57. The van der Waals surface area contributed by atoms with Gasteiger partial charge in [0.15, 0.2) is 0 Å². The third kappa shape index (κ3) is 3.47. The molecule has 0 saturated heterocycles. The molecule has 4 aromatic rings. The van der Waals surface area contributed by atoms with Gasteiger partial charge in [-0.1, -0.05) is 49.7 Å². The van der Waals surface area contributed by atoms with E-state index in [2.05, 4.69) is 65.5 Å². The van der Waals surface area contributed by atoms with E-state index in [1.807, 2.05) is 48.0 Å². The number of rotatable bonds is 4. The summed E-state index contributed by atoms with van der Waals surface area (Å²) in [5, 5.41) is 2.31. The van der Waals surface area contributed by atoms with Gasteiger partial charge >= 0.3 is 36.3 Å². The molecule has 5 heteroatoms. The number of benzene rings is 2. The molecule has 0 atom stereocenters. The maximum atomic E-state index is 6.08. The summed E-state index contributed by atoms with van der Waals surface area (Å²) in [4.78, 5) is 0. The van der Waals surface area contributed by atoms with Crippen LogP contribution in [0.25, 0.3) is 27.6 Å². The van der Waals surface area contributed by atoms with Crippen LogP contribution < -0.4 is 4.57 Å². The van der Waals surface area contributed by atoms with Gasteiger partial charge in [-0.2, -0.15) is 0 Å². The SMILES string of the molecule is CCCCn1[c-][n+](-c2cccc3c2oc2ccccc23)cc1.[Ag][I]. The fraction of sp³-hybridized carbons (Fsp3) is 0.211. The second kappa shape index (κ2) is 8.34. The van der Waals surface area contributed by atoms with Gasteiger partial charge in [-0.15, -0.1) is 0 Å². The van der Waals surface area contributed by atoms with E-state index in [0.717, 1.165) is 34.2 Å². The number of aryl methyl sites for hydroxylation is 1. The van der Waals surface area contributed by atoms with Crippen molar-refractivity contribution in [1.29, 1.82) is 0 Å². The van der Waals surface area contributed by atoms with Crippen LogP contribution in [-0.4, -0.2) is 4.57 Å². The molecule has 0 aliphatic heterocycles. The Hall–Kier alpha value is -1.08. The van der Waals surface area contributed by atoms with Crippen LogP contribution in [-0.2, 0) is 23.8 Å². The Labute approximate surface area is 164 Å². The molecular weight excluding hydrogens is 507 g/mol. The van der Waals surface area contributed by atoms with Gasteiger partial charge in [0, 0.05) is 23.2 Å². The molecule has 4 rings (SSSR count). The molecule has 24 heavy (non-hydrogen) atoms. The van der Waals surface area contributed by atoms with Gasteiger partial charge in [0.2, 0.25) is 6.33 Å². The summed E-state index contributed by atoms with van der Waals surface area (Å²) in [6, 6.07) is 14.4. The monoisotopic (exact) mass is 524 g/mol. The van der Waals surface area contributed by atoms with Gasteiger partial charge in [-0.25, -0.2) is 0 Å². The topological polar surface area (TPSA) is 21.9 Å². The quantitative estimate of drug-likeness (QED) is 0.157. The van der Waals surface area contributed by atoms with E-state index in [9.17, 15) is 0 Å². The van der Waals surface area contributed by atoms with Crippen LogP contribution in [0.1, 0.15) is 19.8 Å². The first-order valence-electron chi connectivity index (χ1n) is 7.89. The third-order valence-corrected chi connectivity index (χ3v) is 4.03. The standard InChI is InChI=1S/C19H18N2O.Ag.HI/c1-2-3-11-20-12-13-21(14-20)17-9-6-8-16-15-7-4-5-10-18(15)22-19(16)17;;/h4-10,12-13H,2-3,11H2,1H3;;1H/q;+1;/p-1. The predicted molar refractivity (Wildman–Crippen MR) is 101 cm³/mol. The summed E-state index contributed by atoms with van der Waals surface area (Å²) in [5.74, 6) is 0. The Morgan fingerprint density at radius 2 is 1.92 bits per heavy atom. The zero-order valence-corrected chi connectivity index (χ0v) is 16.9. The van der Waals surface area contributed by atoms with Crippen molar-refractivity contribution in [1.82, 2.24) is 4.57 Å². The molecule has 2 aromatic heterocycles. The van der Waals surface area contributed by atoms with Gasteiger partial charge in [-0.05, 0) is 12.5 Å². The van der Waals surface area contributed by atoms with Crippen molar-refractivity contribution in [3.8, 4) is 5.69 Å². The average Bonchev–Trinajstić information content (AvgIpc) is 3.26. The molecule has 0 amide bonds. The van der Waals surface area contributed by atoms with E-state index >= 15 is 0 Å². The predicted octanol–water partition coefficient (Wildman–Crippen LogP) is 5.15. The Bertz CT molecular complexity index is 945. The zero-order chi connectivity index (χ0) is 16.9. The maximum absolute atomic E-state index is 6.08. The van der Waals surface area contributed by atoms with Crippen molar-refractivity contribution in [2.75, 3.05) is 0 Å². The van der Waals surface area contributed by atoms with E-state index in [1.165, 1.54) is 12.8 Å². The molecular formula is C19H18AgIN2O. The number of hydrogen-bond donors (Lipinski definition) is 0. The normalized spacial score (nSPS) is 10.8. The van der Waals surface area contributed by atoms with Crippen LogP contribution in [0, 0.1) is 6.33 Å². The average molecular weight is 525 g/mol. The molecule has 3 nitrogen and oxygen atoms in total. The van der Waals surface area contributed by atoms with Gasteiger partial charge in [0.05, 0.1) is 12.2 Å². The summed E-state index contributed by atoms with van der Waals surface area (Å²) in [6.07, 6.45) is 9.83. The molecule has 0 bridgehead atoms. The van der Waals surface area contributed by atoms with Crippen LogP contribution in [0.5, 0.6) is 0 Å². The Morgan fingerprint density at radius 3 is 2.75 bits per heavy atom. The van der Waals surface area contributed by atoms with Crippen molar-refractivity contribution < 1.29 is 26.2 Å². The zero-order valence-electron chi connectivity index (χ0n) is 13.3. The molecule has 128 valence electrons. The molecule has 2 heterocycles. The third-order valence-electron chi connectivity index (χ3n) is 4.03. The number of para-hydroxylation sites is 2.